The van der Waals surface area contributed by atoms with Gasteiger partial charge < -0.3 is 24.7 Å². The summed E-state index contributed by atoms with van der Waals surface area (Å²) in [5.74, 6) is 2.37. The number of benzene rings is 1. The first-order chi connectivity index (χ1) is 14.6. The van der Waals surface area contributed by atoms with Crippen LogP contribution in [0.1, 0.15) is 38.9 Å². The number of ether oxygens (including phenoxy) is 1. The summed E-state index contributed by atoms with van der Waals surface area (Å²) < 4.78 is 11.1. The normalized spacial score (nSPS) is 14.6. The first-order valence-corrected chi connectivity index (χ1v) is 10.7. The topological polar surface area (TPSA) is 79.1 Å². The van der Waals surface area contributed by atoms with Crippen LogP contribution in [-0.2, 0) is 11.2 Å². The Kier molecular flexibility index (Phi) is 8.18. The molecule has 7 nitrogen and oxygen atoms in total. The van der Waals surface area contributed by atoms with Gasteiger partial charge in [0.1, 0.15) is 18.1 Å². The van der Waals surface area contributed by atoms with Gasteiger partial charge in [0.05, 0.1) is 12.4 Å². The molecule has 0 spiro atoms. The second kappa shape index (κ2) is 11.3. The zero-order valence-corrected chi connectivity index (χ0v) is 17.9. The molecule has 1 aromatic carbocycles. The van der Waals surface area contributed by atoms with Crippen molar-refractivity contribution in [2.75, 3.05) is 31.5 Å². The third kappa shape index (κ3) is 7.13. The number of rotatable bonds is 8. The molecule has 1 fully saturated rings. The summed E-state index contributed by atoms with van der Waals surface area (Å²) in [4.78, 5) is 18.9. The van der Waals surface area contributed by atoms with Gasteiger partial charge in [0.25, 0.3) is 0 Å². The van der Waals surface area contributed by atoms with Gasteiger partial charge in [0.15, 0.2) is 5.96 Å². The zero-order valence-electron chi connectivity index (χ0n) is 17.9. The van der Waals surface area contributed by atoms with Crippen molar-refractivity contribution < 1.29 is 13.9 Å². The molecule has 2 aromatic rings. The van der Waals surface area contributed by atoms with Crippen molar-refractivity contribution in [3.05, 3.63) is 48.4 Å². The van der Waals surface area contributed by atoms with Crippen LogP contribution in [-0.4, -0.2) is 49.0 Å². The highest BCUT2D eigenvalue weighted by Crippen LogP contribution is 2.17. The first-order valence-electron chi connectivity index (χ1n) is 10.7. The van der Waals surface area contributed by atoms with Gasteiger partial charge in [-0.05, 0) is 69.5 Å². The Labute approximate surface area is 178 Å². The van der Waals surface area contributed by atoms with E-state index in [0.717, 1.165) is 49.5 Å². The van der Waals surface area contributed by atoms with Crippen LogP contribution in [0, 0.1) is 0 Å². The number of likely N-dealkylation sites (tertiary alicyclic amines) is 1. The number of hydrogen-bond acceptors (Lipinski definition) is 4. The number of furan rings is 1. The quantitative estimate of drug-likeness (QED) is 0.511. The van der Waals surface area contributed by atoms with Crippen molar-refractivity contribution in [2.45, 2.75) is 45.6 Å². The van der Waals surface area contributed by atoms with E-state index in [4.69, 9.17) is 9.15 Å². The molecule has 30 heavy (non-hydrogen) atoms. The van der Waals surface area contributed by atoms with E-state index in [0.29, 0.717) is 12.5 Å². The van der Waals surface area contributed by atoms with Crippen molar-refractivity contribution in [3.8, 4) is 5.75 Å². The Hall–Kier alpha value is -2.96. The van der Waals surface area contributed by atoms with Gasteiger partial charge in [-0.2, -0.15) is 0 Å². The average Bonchev–Trinajstić information content (AvgIpc) is 3.27. The van der Waals surface area contributed by atoms with E-state index in [1.165, 1.54) is 6.42 Å². The molecule has 0 saturated carbocycles. The fourth-order valence-electron chi connectivity index (χ4n) is 3.31. The highest BCUT2D eigenvalue weighted by molar-refractivity contribution is 5.95. The highest BCUT2D eigenvalue weighted by atomic mass is 16.5. The van der Waals surface area contributed by atoms with Crippen molar-refractivity contribution >= 4 is 17.6 Å². The summed E-state index contributed by atoms with van der Waals surface area (Å²) in [5.41, 5.74) is 0.876. The fraction of sp³-hybridized carbons (Fsp3) is 0.478. The molecule has 0 bridgehead atoms. The maximum atomic E-state index is 12.5. The number of hydrogen-bond donors (Lipinski definition) is 2. The highest BCUT2D eigenvalue weighted by Gasteiger charge is 2.16. The van der Waals surface area contributed by atoms with Gasteiger partial charge in [-0.15, -0.1) is 0 Å². The number of amides is 1. The maximum Gasteiger partial charge on any atom is 0.244 e. The second-order valence-electron chi connectivity index (χ2n) is 7.68. The zero-order chi connectivity index (χ0) is 21.2. The molecule has 0 aliphatic carbocycles. The fourth-order valence-corrected chi connectivity index (χ4v) is 3.31. The van der Waals surface area contributed by atoms with E-state index in [1.807, 2.05) is 55.1 Å². The smallest absolute Gasteiger partial charge is 0.244 e. The predicted molar refractivity (Wildman–Crippen MR) is 119 cm³/mol. The lowest BCUT2D eigenvalue weighted by Gasteiger charge is -2.26. The van der Waals surface area contributed by atoms with E-state index < -0.39 is 0 Å². The number of nitrogens with zero attached hydrogens (tertiary/aromatic N) is 2. The molecule has 162 valence electrons. The molecule has 1 amide bonds. The molecule has 0 radical (unpaired) electrons. The Bertz CT molecular complexity index is 794. The molecule has 1 saturated heterocycles. The summed E-state index contributed by atoms with van der Waals surface area (Å²) in [5, 5.41) is 6.57. The molecular formula is C23H32N4O3. The number of carbonyl (C=O) groups is 1. The van der Waals surface area contributed by atoms with Crippen molar-refractivity contribution in [2.24, 2.45) is 4.99 Å². The van der Waals surface area contributed by atoms with E-state index in [1.54, 1.807) is 6.26 Å². The van der Waals surface area contributed by atoms with Crippen LogP contribution < -0.4 is 15.4 Å². The lowest BCUT2D eigenvalue weighted by atomic mass is 10.1. The van der Waals surface area contributed by atoms with E-state index in [-0.39, 0.29) is 18.6 Å². The van der Waals surface area contributed by atoms with Gasteiger partial charge in [-0.25, -0.2) is 4.99 Å². The summed E-state index contributed by atoms with van der Waals surface area (Å²) in [6.07, 6.45) is 5.88. The lowest BCUT2D eigenvalue weighted by Crippen LogP contribution is -2.38. The summed E-state index contributed by atoms with van der Waals surface area (Å²) in [6.45, 7) is 6.44. The van der Waals surface area contributed by atoms with Gasteiger partial charge in [0.2, 0.25) is 5.91 Å². The van der Waals surface area contributed by atoms with Crippen LogP contribution >= 0.6 is 0 Å². The van der Waals surface area contributed by atoms with Crippen molar-refractivity contribution in [1.82, 2.24) is 10.2 Å². The molecule has 2 heterocycles. The second-order valence-corrected chi connectivity index (χ2v) is 7.68. The number of anilines is 1. The predicted octanol–water partition coefficient (Wildman–Crippen LogP) is 3.68. The number of guanidine groups is 1. The molecule has 2 N–H and O–H groups in total. The van der Waals surface area contributed by atoms with Gasteiger partial charge in [-0.3, -0.25) is 4.79 Å². The molecule has 0 unspecified atom stereocenters. The molecule has 1 aromatic heterocycles. The lowest BCUT2D eigenvalue weighted by molar-refractivity contribution is -0.130. The Balaban J connectivity index is 1.60. The van der Waals surface area contributed by atoms with E-state index in [2.05, 4.69) is 15.6 Å². The summed E-state index contributed by atoms with van der Waals surface area (Å²) in [7, 11) is 0. The Morgan fingerprint density at radius 2 is 1.93 bits per heavy atom. The number of nitrogens with one attached hydrogen (secondary N) is 2. The van der Waals surface area contributed by atoms with Crippen LogP contribution in [0.3, 0.4) is 0 Å². The number of piperidine rings is 1. The monoisotopic (exact) mass is 412 g/mol. The Morgan fingerprint density at radius 3 is 2.60 bits per heavy atom. The van der Waals surface area contributed by atoms with Crippen molar-refractivity contribution in [3.63, 3.8) is 0 Å². The third-order valence-corrected chi connectivity index (χ3v) is 4.81. The van der Waals surface area contributed by atoms with E-state index >= 15 is 0 Å². The SMILES string of the molecule is CC(C)Oc1ccc(NC(=NCC(=O)N2CCCCC2)NCCc2ccco2)cc1. The molecular weight excluding hydrogens is 380 g/mol. The van der Waals surface area contributed by atoms with Crippen LogP contribution in [0.2, 0.25) is 0 Å². The molecule has 0 atom stereocenters. The minimum Gasteiger partial charge on any atom is -0.491 e. The van der Waals surface area contributed by atoms with Crippen LogP contribution in [0.15, 0.2) is 52.1 Å². The van der Waals surface area contributed by atoms with Gasteiger partial charge in [0, 0.05) is 31.7 Å². The van der Waals surface area contributed by atoms with Crippen molar-refractivity contribution in [1.29, 1.82) is 0 Å². The van der Waals surface area contributed by atoms with Crippen LogP contribution in [0.25, 0.3) is 0 Å². The summed E-state index contributed by atoms with van der Waals surface area (Å²) in [6, 6.07) is 11.5. The third-order valence-electron chi connectivity index (χ3n) is 4.81. The number of carbonyl (C=O) groups excluding carboxylic acids is 1. The van der Waals surface area contributed by atoms with E-state index in [9.17, 15) is 4.79 Å². The van der Waals surface area contributed by atoms with Gasteiger partial charge >= 0.3 is 0 Å². The molecule has 1 aliphatic rings. The molecule has 1 aliphatic heterocycles. The largest absolute Gasteiger partial charge is 0.491 e. The average molecular weight is 413 g/mol. The minimum atomic E-state index is 0.0718. The Morgan fingerprint density at radius 1 is 1.17 bits per heavy atom. The minimum absolute atomic E-state index is 0.0718. The molecule has 7 heteroatoms. The van der Waals surface area contributed by atoms with Crippen LogP contribution in [0.5, 0.6) is 5.75 Å². The maximum absolute atomic E-state index is 12.5. The van der Waals surface area contributed by atoms with Gasteiger partial charge in [-0.1, -0.05) is 0 Å². The number of aliphatic imine (C=N–C) groups is 1. The first kappa shape index (κ1) is 21.7. The van der Waals surface area contributed by atoms with Crippen LogP contribution in [0.4, 0.5) is 5.69 Å². The standard InChI is InChI=1S/C23H32N4O3/c1-18(2)30-21-10-8-19(9-11-21)26-23(24-13-12-20-7-6-16-29-20)25-17-22(28)27-14-4-3-5-15-27/h6-11,16,18H,3-5,12-15,17H2,1-2H3,(H2,24,25,26). The summed E-state index contributed by atoms with van der Waals surface area (Å²) >= 11 is 0. The molecule has 3 rings (SSSR count).